The second kappa shape index (κ2) is 12.4. The molecule has 1 rings (SSSR count). The lowest BCUT2D eigenvalue weighted by Crippen LogP contribution is -2.06. The standard InChI is InChI=1S/C18H27Cl2NO3/c1-3-14-12-16(22-11-8-17(19)20)13-15(4-2)18(14)23-9-6-5-7-10-24-21/h8,12-13H,3-7,9-11,21H2,1-2H3. The van der Waals surface area contributed by atoms with Crippen molar-refractivity contribution in [3.63, 3.8) is 0 Å². The van der Waals surface area contributed by atoms with E-state index >= 15 is 0 Å². The Hall–Kier alpha value is -0.940. The van der Waals surface area contributed by atoms with Gasteiger partial charge in [0, 0.05) is 0 Å². The number of aryl methyl sites for hydroxylation is 2. The molecule has 0 atom stereocenters. The van der Waals surface area contributed by atoms with E-state index in [4.69, 9.17) is 38.6 Å². The van der Waals surface area contributed by atoms with Crippen LogP contribution >= 0.6 is 23.2 Å². The highest BCUT2D eigenvalue weighted by molar-refractivity contribution is 6.55. The third-order valence-electron chi connectivity index (χ3n) is 3.62. The zero-order valence-electron chi connectivity index (χ0n) is 14.4. The molecule has 0 unspecified atom stereocenters. The minimum Gasteiger partial charge on any atom is -0.493 e. The Morgan fingerprint density at radius 1 is 1.00 bits per heavy atom. The number of hydrogen-bond acceptors (Lipinski definition) is 4. The van der Waals surface area contributed by atoms with Gasteiger partial charge in [0.1, 0.15) is 22.6 Å². The summed E-state index contributed by atoms with van der Waals surface area (Å²) >= 11 is 11.2. The van der Waals surface area contributed by atoms with E-state index in [1.807, 2.05) is 12.1 Å². The summed E-state index contributed by atoms with van der Waals surface area (Å²) in [5.74, 6) is 6.80. The first-order valence-electron chi connectivity index (χ1n) is 8.36. The minimum atomic E-state index is 0.210. The van der Waals surface area contributed by atoms with E-state index < -0.39 is 0 Å². The van der Waals surface area contributed by atoms with Gasteiger partial charge in [-0.2, -0.15) is 0 Å². The molecule has 0 aromatic heterocycles. The first-order chi connectivity index (χ1) is 11.6. The van der Waals surface area contributed by atoms with E-state index in [0.717, 1.165) is 54.7 Å². The maximum Gasteiger partial charge on any atom is 0.125 e. The molecule has 0 fully saturated rings. The van der Waals surface area contributed by atoms with Crippen molar-refractivity contribution in [3.8, 4) is 11.5 Å². The van der Waals surface area contributed by atoms with E-state index in [2.05, 4.69) is 18.7 Å². The number of nitrogens with two attached hydrogens (primary N) is 1. The van der Waals surface area contributed by atoms with Crippen LogP contribution in [0.1, 0.15) is 44.2 Å². The molecule has 6 heteroatoms. The zero-order valence-corrected chi connectivity index (χ0v) is 16.0. The molecule has 0 aliphatic heterocycles. The van der Waals surface area contributed by atoms with Crippen molar-refractivity contribution >= 4 is 23.2 Å². The summed E-state index contributed by atoms with van der Waals surface area (Å²) in [6.07, 6.45) is 6.35. The van der Waals surface area contributed by atoms with Crippen LogP contribution in [0.25, 0.3) is 0 Å². The topological polar surface area (TPSA) is 53.7 Å². The Balaban J connectivity index is 2.70. The Morgan fingerprint density at radius 3 is 2.17 bits per heavy atom. The fourth-order valence-electron chi connectivity index (χ4n) is 2.36. The van der Waals surface area contributed by atoms with Crippen LogP contribution in [-0.4, -0.2) is 19.8 Å². The second-order valence-electron chi connectivity index (χ2n) is 5.36. The summed E-state index contributed by atoms with van der Waals surface area (Å²) in [7, 11) is 0. The molecule has 0 radical (unpaired) electrons. The molecule has 2 N–H and O–H groups in total. The summed E-state index contributed by atoms with van der Waals surface area (Å²) in [5.41, 5.74) is 2.30. The normalized spacial score (nSPS) is 10.5. The van der Waals surface area contributed by atoms with E-state index in [1.165, 1.54) is 0 Å². The Morgan fingerprint density at radius 2 is 1.62 bits per heavy atom. The van der Waals surface area contributed by atoms with Crippen molar-refractivity contribution < 1.29 is 14.3 Å². The molecule has 1 aromatic rings. The molecular formula is C18H27Cl2NO3. The third-order valence-corrected chi connectivity index (χ3v) is 3.93. The van der Waals surface area contributed by atoms with Crippen molar-refractivity contribution in [2.75, 3.05) is 19.8 Å². The summed E-state index contributed by atoms with van der Waals surface area (Å²) in [6.45, 7) is 5.85. The minimum absolute atomic E-state index is 0.210. The third kappa shape index (κ3) is 7.75. The van der Waals surface area contributed by atoms with Crippen LogP contribution in [0.15, 0.2) is 22.7 Å². The molecule has 0 aliphatic carbocycles. The highest BCUT2D eigenvalue weighted by atomic mass is 35.5. The average molecular weight is 376 g/mol. The molecule has 1 aromatic carbocycles. The second-order valence-corrected chi connectivity index (χ2v) is 6.37. The Kier molecular flexibility index (Phi) is 10.9. The quantitative estimate of drug-likeness (QED) is 0.414. The van der Waals surface area contributed by atoms with E-state index in [1.54, 1.807) is 6.08 Å². The highest BCUT2D eigenvalue weighted by Crippen LogP contribution is 2.31. The predicted octanol–water partition coefficient (Wildman–Crippen LogP) is 4.95. The van der Waals surface area contributed by atoms with Gasteiger partial charge in [0.05, 0.1) is 13.2 Å². The van der Waals surface area contributed by atoms with Crippen LogP contribution in [0.2, 0.25) is 0 Å². The predicted molar refractivity (Wildman–Crippen MR) is 100.0 cm³/mol. The highest BCUT2D eigenvalue weighted by Gasteiger charge is 2.11. The molecule has 136 valence electrons. The summed E-state index contributed by atoms with van der Waals surface area (Å²) in [6, 6.07) is 4.04. The molecule has 4 nitrogen and oxygen atoms in total. The van der Waals surface area contributed by atoms with Crippen molar-refractivity contribution in [1.29, 1.82) is 0 Å². The van der Waals surface area contributed by atoms with Crippen molar-refractivity contribution in [1.82, 2.24) is 0 Å². The van der Waals surface area contributed by atoms with E-state index in [-0.39, 0.29) is 4.49 Å². The van der Waals surface area contributed by atoms with Crippen LogP contribution in [0.4, 0.5) is 0 Å². The molecule has 0 aliphatic rings. The molecular weight excluding hydrogens is 349 g/mol. The number of benzene rings is 1. The van der Waals surface area contributed by atoms with Gasteiger partial charge in [-0.1, -0.05) is 37.0 Å². The molecule has 0 saturated heterocycles. The van der Waals surface area contributed by atoms with Gasteiger partial charge >= 0.3 is 0 Å². The van der Waals surface area contributed by atoms with Crippen LogP contribution in [0.5, 0.6) is 11.5 Å². The van der Waals surface area contributed by atoms with Crippen molar-refractivity contribution in [2.24, 2.45) is 5.90 Å². The number of rotatable bonds is 12. The van der Waals surface area contributed by atoms with Crippen LogP contribution < -0.4 is 15.4 Å². The van der Waals surface area contributed by atoms with Gasteiger partial charge in [-0.15, -0.1) is 0 Å². The number of unbranched alkanes of at least 4 members (excludes halogenated alkanes) is 2. The summed E-state index contributed by atoms with van der Waals surface area (Å²) < 4.78 is 12.0. The Bertz CT molecular complexity index is 492. The monoisotopic (exact) mass is 375 g/mol. The molecule has 24 heavy (non-hydrogen) atoms. The number of ether oxygens (including phenoxy) is 2. The van der Waals surface area contributed by atoms with Gasteiger partial charge in [-0.05, 0) is 61.4 Å². The van der Waals surface area contributed by atoms with Crippen LogP contribution in [-0.2, 0) is 17.7 Å². The lowest BCUT2D eigenvalue weighted by Gasteiger charge is -2.17. The lowest BCUT2D eigenvalue weighted by atomic mass is 10.0. The lowest BCUT2D eigenvalue weighted by molar-refractivity contribution is 0.132. The maximum atomic E-state index is 6.05. The fraction of sp³-hybridized carbons (Fsp3) is 0.556. The maximum absolute atomic E-state index is 6.05. The first kappa shape index (κ1) is 21.1. The van der Waals surface area contributed by atoms with Gasteiger partial charge in [0.15, 0.2) is 0 Å². The number of halogens is 2. The zero-order chi connectivity index (χ0) is 17.8. The van der Waals surface area contributed by atoms with Gasteiger partial charge in [-0.3, -0.25) is 0 Å². The molecule has 0 amide bonds. The van der Waals surface area contributed by atoms with Crippen LogP contribution in [0.3, 0.4) is 0 Å². The van der Waals surface area contributed by atoms with Gasteiger partial charge in [0.25, 0.3) is 0 Å². The first-order valence-corrected chi connectivity index (χ1v) is 9.12. The molecule has 0 saturated carbocycles. The number of hydrogen-bond donors (Lipinski definition) is 1. The van der Waals surface area contributed by atoms with Crippen molar-refractivity contribution in [3.05, 3.63) is 33.8 Å². The largest absolute Gasteiger partial charge is 0.493 e. The summed E-state index contributed by atoms with van der Waals surface area (Å²) in [4.78, 5) is 4.56. The summed E-state index contributed by atoms with van der Waals surface area (Å²) in [5, 5.41) is 0. The van der Waals surface area contributed by atoms with Crippen LogP contribution in [0, 0.1) is 0 Å². The molecule has 0 bridgehead atoms. The van der Waals surface area contributed by atoms with Crippen molar-refractivity contribution in [2.45, 2.75) is 46.0 Å². The average Bonchev–Trinajstić information content (AvgIpc) is 2.57. The van der Waals surface area contributed by atoms with Gasteiger partial charge in [-0.25, -0.2) is 5.90 Å². The van der Waals surface area contributed by atoms with Gasteiger partial charge < -0.3 is 14.3 Å². The smallest absolute Gasteiger partial charge is 0.125 e. The fourth-order valence-corrected chi connectivity index (χ4v) is 2.48. The SMILES string of the molecule is CCc1cc(OCC=C(Cl)Cl)cc(CC)c1OCCCCCON. The molecule has 0 spiro atoms. The van der Waals surface area contributed by atoms with Gasteiger partial charge in [0.2, 0.25) is 0 Å². The Labute approximate surface area is 154 Å². The molecule has 0 heterocycles. The van der Waals surface area contributed by atoms with E-state index in [0.29, 0.717) is 19.8 Å². The van der Waals surface area contributed by atoms with E-state index in [9.17, 15) is 0 Å².